The number of carbonyl (C=O) groups is 2. The maximum Gasteiger partial charge on any atom is 0.409 e. The van der Waals surface area contributed by atoms with Crippen molar-refractivity contribution >= 4 is 17.8 Å². The first kappa shape index (κ1) is 26.7. The summed E-state index contributed by atoms with van der Waals surface area (Å²) < 4.78 is 20.3. The number of likely N-dealkylation sites (tertiary alicyclic amines) is 2. The number of hydrogen-bond acceptors (Lipinski definition) is 6. The van der Waals surface area contributed by atoms with E-state index in [1.807, 2.05) is 25.1 Å². The van der Waals surface area contributed by atoms with E-state index in [1.54, 1.807) is 35.2 Å². The Morgan fingerprint density at radius 1 is 1.13 bits per heavy atom. The van der Waals surface area contributed by atoms with Gasteiger partial charge in [-0.3, -0.25) is 9.79 Å². The lowest BCUT2D eigenvalue weighted by atomic mass is 9.79. The monoisotopic (exact) mass is 531 g/mol. The molecule has 0 aromatic heterocycles. The smallest absolute Gasteiger partial charge is 0.409 e. The van der Waals surface area contributed by atoms with E-state index < -0.39 is 5.67 Å². The lowest BCUT2D eigenvalue weighted by Crippen LogP contribution is -2.58. The van der Waals surface area contributed by atoms with Gasteiger partial charge in [-0.1, -0.05) is 25.1 Å². The number of methoxy groups -OCH3 is 1. The van der Waals surface area contributed by atoms with Crippen LogP contribution in [0.5, 0.6) is 0 Å². The van der Waals surface area contributed by atoms with Crippen molar-refractivity contribution in [1.29, 1.82) is 5.26 Å². The van der Waals surface area contributed by atoms with E-state index >= 15 is 4.39 Å². The number of nitrogens with zero attached hydrogens (tertiary/aromatic N) is 4. The van der Waals surface area contributed by atoms with E-state index in [2.05, 4.69) is 19.2 Å². The minimum Gasteiger partial charge on any atom is -0.453 e. The van der Waals surface area contributed by atoms with Crippen LogP contribution in [0.15, 0.2) is 47.5 Å². The molecule has 2 aromatic rings. The molecule has 9 heteroatoms. The topological polar surface area (TPSA) is 98.0 Å². The number of halogens is 1. The van der Waals surface area contributed by atoms with Crippen molar-refractivity contribution < 1.29 is 18.7 Å². The molecule has 3 aliphatic heterocycles. The Morgan fingerprint density at radius 3 is 2.41 bits per heavy atom. The predicted molar refractivity (Wildman–Crippen MR) is 145 cm³/mol. The third-order valence-corrected chi connectivity index (χ3v) is 8.52. The molecule has 39 heavy (non-hydrogen) atoms. The average molecular weight is 532 g/mol. The van der Waals surface area contributed by atoms with Gasteiger partial charge < -0.3 is 19.9 Å². The van der Waals surface area contributed by atoms with E-state index in [-0.39, 0.29) is 42.6 Å². The van der Waals surface area contributed by atoms with Crippen LogP contribution in [0, 0.1) is 23.7 Å². The number of ether oxygens (including phenoxy) is 1. The predicted octanol–water partition coefficient (Wildman–Crippen LogP) is 4.49. The third-order valence-electron chi connectivity index (χ3n) is 8.52. The Balaban J connectivity index is 1.30. The molecule has 3 aliphatic rings. The third kappa shape index (κ3) is 4.84. The zero-order chi connectivity index (χ0) is 27.9. The highest BCUT2D eigenvalue weighted by molar-refractivity contribution is 5.95. The summed E-state index contributed by atoms with van der Waals surface area (Å²) in [7, 11) is 1.40. The molecule has 2 amide bonds. The normalized spacial score (nSPS) is 23.2. The molecule has 3 heterocycles. The zero-order valence-corrected chi connectivity index (χ0v) is 22.8. The van der Waals surface area contributed by atoms with Crippen molar-refractivity contribution in [2.75, 3.05) is 33.3 Å². The molecule has 0 saturated carbocycles. The van der Waals surface area contributed by atoms with Crippen LogP contribution in [0.3, 0.4) is 0 Å². The number of carbonyl (C=O) groups excluding carboxylic acids is 2. The Labute approximate surface area is 228 Å². The average Bonchev–Trinajstić information content (AvgIpc) is 3.33. The Morgan fingerprint density at radius 2 is 1.79 bits per heavy atom. The van der Waals surface area contributed by atoms with Gasteiger partial charge in [-0.2, -0.15) is 5.26 Å². The zero-order valence-electron chi connectivity index (χ0n) is 22.8. The van der Waals surface area contributed by atoms with Gasteiger partial charge in [0.15, 0.2) is 5.67 Å². The Kier molecular flexibility index (Phi) is 6.83. The van der Waals surface area contributed by atoms with Gasteiger partial charge in [0.2, 0.25) is 0 Å². The van der Waals surface area contributed by atoms with Crippen molar-refractivity contribution in [3.05, 3.63) is 70.3 Å². The summed E-state index contributed by atoms with van der Waals surface area (Å²) in [5.74, 6) is 0.733. The molecule has 0 aliphatic carbocycles. The molecule has 1 N–H and O–H groups in total. The molecular weight excluding hydrogens is 497 g/mol. The van der Waals surface area contributed by atoms with Crippen LogP contribution in [0.4, 0.5) is 9.18 Å². The molecule has 0 spiro atoms. The fourth-order valence-corrected chi connectivity index (χ4v) is 5.80. The van der Waals surface area contributed by atoms with Gasteiger partial charge in [0.05, 0.1) is 43.9 Å². The van der Waals surface area contributed by atoms with E-state index in [4.69, 9.17) is 15.0 Å². The largest absolute Gasteiger partial charge is 0.453 e. The van der Waals surface area contributed by atoms with Crippen molar-refractivity contribution in [3.63, 3.8) is 0 Å². The second-order valence-corrected chi connectivity index (χ2v) is 11.3. The van der Waals surface area contributed by atoms with Crippen molar-refractivity contribution in [2.45, 2.75) is 51.4 Å². The second-order valence-electron chi connectivity index (χ2n) is 11.3. The summed E-state index contributed by atoms with van der Waals surface area (Å²) in [6.45, 7) is 7.46. The maximum atomic E-state index is 15.5. The van der Waals surface area contributed by atoms with Gasteiger partial charge in [0.1, 0.15) is 5.84 Å². The molecule has 2 fully saturated rings. The Hall–Kier alpha value is -3.93. The number of alkyl halides is 1. The molecular formula is C30H34FN5O3. The lowest BCUT2D eigenvalue weighted by molar-refractivity contribution is -0.0231. The van der Waals surface area contributed by atoms with Crippen LogP contribution in [0.1, 0.15) is 65.3 Å². The SMILES string of the molecule is COC(=O)N1CCC(C)(C2=NC(c3cc(C(=O)N4CC(F)(c5ccc(C#N)cc5)C4)ccc3C)C(C)N2)CC1. The first-order chi connectivity index (χ1) is 18.6. The van der Waals surface area contributed by atoms with Crippen LogP contribution in [0.25, 0.3) is 0 Å². The van der Waals surface area contributed by atoms with Gasteiger partial charge in [-0.25, -0.2) is 9.18 Å². The highest BCUT2D eigenvalue weighted by Crippen LogP contribution is 2.40. The van der Waals surface area contributed by atoms with Gasteiger partial charge >= 0.3 is 6.09 Å². The van der Waals surface area contributed by atoms with Crippen molar-refractivity contribution in [2.24, 2.45) is 10.4 Å². The number of piperidine rings is 1. The summed E-state index contributed by atoms with van der Waals surface area (Å²) >= 11 is 0. The summed E-state index contributed by atoms with van der Waals surface area (Å²) in [5.41, 5.74) is 1.71. The molecule has 2 atom stereocenters. The number of rotatable bonds is 4. The molecule has 2 unspecified atom stereocenters. The molecule has 5 rings (SSSR count). The molecule has 2 aromatic carbocycles. The molecule has 0 radical (unpaired) electrons. The van der Waals surface area contributed by atoms with Gasteiger partial charge in [0, 0.05) is 24.1 Å². The highest BCUT2D eigenvalue weighted by Gasteiger charge is 2.47. The summed E-state index contributed by atoms with van der Waals surface area (Å²) in [6, 6.07) is 14.0. The fourth-order valence-electron chi connectivity index (χ4n) is 5.80. The molecule has 0 bridgehead atoms. The van der Waals surface area contributed by atoms with Crippen molar-refractivity contribution in [3.8, 4) is 6.07 Å². The Bertz CT molecular complexity index is 1350. The number of amides is 2. The lowest BCUT2D eigenvalue weighted by Gasteiger charge is -2.44. The summed E-state index contributed by atoms with van der Waals surface area (Å²) in [4.78, 5) is 33.6. The van der Waals surface area contributed by atoms with Crippen LogP contribution in [-0.4, -0.2) is 67.0 Å². The van der Waals surface area contributed by atoms with E-state index in [0.29, 0.717) is 29.8 Å². The molecule has 8 nitrogen and oxygen atoms in total. The summed E-state index contributed by atoms with van der Waals surface area (Å²) in [6.07, 6.45) is 1.26. The van der Waals surface area contributed by atoms with Gasteiger partial charge in [-0.05, 0) is 67.6 Å². The number of nitrogens with one attached hydrogen (secondary N) is 1. The first-order valence-corrected chi connectivity index (χ1v) is 13.3. The quantitative estimate of drug-likeness (QED) is 0.627. The standard InChI is InChI=1S/C30H34FN5O3/c1-19-5-8-22(26(37)36-17-30(31,18-36)23-9-6-21(16-32)7-10-23)15-24(19)25-20(2)33-27(34-25)29(3)11-13-35(14-12-29)28(38)39-4/h5-10,15,20,25H,11-14,17-18H2,1-4H3,(H,33,34). The van der Waals surface area contributed by atoms with Crippen LogP contribution >= 0.6 is 0 Å². The molecule has 204 valence electrons. The number of amidine groups is 1. The van der Waals surface area contributed by atoms with E-state index in [9.17, 15) is 9.59 Å². The highest BCUT2D eigenvalue weighted by atomic mass is 19.1. The number of aliphatic imine (C=N–C) groups is 1. The number of aryl methyl sites for hydroxylation is 1. The molecule has 2 saturated heterocycles. The van der Waals surface area contributed by atoms with E-state index in [1.165, 1.54) is 12.0 Å². The maximum absolute atomic E-state index is 15.5. The van der Waals surface area contributed by atoms with Crippen LogP contribution in [0.2, 0.25) is 0 Å². The number of benzene rings is 2. The fraction of sp³-hybridized carbons (Fsp3) is 0.467. The number of hydrogen-bond donors (Lipinski definition) is 1. The van der Waals surface area contributed by atoms with Crippen molar-refractivity contribution in [1.82, 2.24) is 15.1 Å². The first-order valence-electron chi connectivity index (χ1n) is 13.3. The van der Waals surface area contributed by atoms with Crippen LogP contribution in [-0.2, 0) is 10.4 Å². The van der Waals surface area contributed by atoms with Crippen LogP contribution < -0.4 is 5.32 Å². The van der Waals surface area contributed by atoms with E-state index in [0.717, 1.165) is 29.8 Å². The minimum atomic E-state index is -1.61. The minimum absolute atomic E-state index is 0.0222. The second kappa shape index (κ2) is 9.99. The van der Waals surface area contributed by atoms with Gasteiger partial charge in [0.25, 0.3) is 5.91 Å². The number of nitriles is 1. The summed E-state index contributed by atoms with van der Waals surface area (Å²) in [5, 5.41) is 12.6. The van der Waals surface area contributed by atoms with Gasteiger partial charge in [-0.15, -0.1) is 0 Å².